The Bertz CT molecular complexity index is 2360. The molecule has 2 aliphatic rings. The molecule has 54 heavy (non-hydrogen) atoms. The standard InChI is InChI=1S/C43H49N7O4/c1-42(2,3)53-40(51)49-34-22-29(34)13-18-38-45-32-17-12-28(23-35(32)46-38)31-15-11-27-20-25(9-14-30(27)44-31)26-10-16-33-36(21-26)48-39(47-33)37(19-24-7-8-24)50-41(52)54-43(4,5)6/h9-12,14-17,20-21,23-24,29,34,37H,7-8,13,18-19,22H2,1-6H3,(H,45,46)(H,47,48)(H,49,51)(H,50,52)/t29-,34+,37?/m0/s1. The van der Waals surface area contributed by atoms with Gasteiger partial charge in [-0.3, -0.25) is 0 Å². The number of aryl methyl sites for hydroxylation is 1. The molecule has 4 N–H and O–H groups in total. The summed E-state index contributed by atoms with van der Waals surface area (Å²) in [5.41, 5.74) is 7.62. The van der Waals surface area contributed by atoms with Crippen molar-refractivity contribution in [2.75, 3.05) is 0 Å². The van der Waals surface area contributed by atoms with Crippen LogP contribution in [0.2, 0.25) is 0 Å². The Labute approximate surface area is 315 Å². The van der Waals surface area contributed by atoms with Gasteiger partial charge in [0.1, 0.15) is 22.9 Å². The molecule has 280 valence electrons. The van der Waals surface area contributed by atoms with Gasteiger partial charge in [0.15, 0.2) is 0 Å². The number of aromatic amines is 2. The molecular weight excluding hydrogens is 679 g/mol. The molecule has 0 saturated heterocycles. The lowest BCUT2D eigenvalue weighted by atomic mass is 10.0. The van der Waals surface area contributed by atoms with Gasteiger partial charge < -0.3 is 30.1 Å². The van der Waals surface area contributed by atoms with Gasteiger partial charge in [-0.15, -0.1) is 0 Å². The van der Waals surface area contributed by atoms with Gasteiger partial charge >= 0.3 is 12.2 Å². The molecular formula is C43H49N7O4. The van der Waals surface area contributed by atoms with Crippen molar-refractivity contribution in [2.24, 2.45) is 11.8 Å². The van der Waals surface area contributed by atoms with Crippen LogP contribution >= 0.6 is 0 Å². The van der Waals surface area contributed by atoms with Crippen LogP contribution in [0, 0.1) is 11.8 Å². The second kappa shape index (κ2) is 13.8. The van der Waals surface area contributed by atoms with Gasteiger partial charge in [-0.25, -0.2) is 24.5 Å². The third kappa shape index (κ3) is 8.51. The Kier molecular flexibility index (Phi) is 9.06. The number of H-pyrrole nitrogens is 2. The van der Waals surface area contributed by atoms with Crippen LogP contribution in [0.4, 0.5) is 9.59 Å². The quantitative estimate of drug-likeness (QED) is 0.110. The van der Waals surface area contributed by atoms with E-state index in [1.807, 2.05) is 53.7 Å². The van der Waals surface area contributed by atoms with E-state index in [9.17, 15) is 9.59 Å². The number of pyridine rings is 1. The number of ether oxygens (including phenoxy) is 2. The van der Waals surface area contributed by atoms with Crippen LogP contribution in [-0.4, -0.2) is 54.4 Å². The summed E-state index contributed by atoms with van der Waals surface area (Å²) in [7, 11) is 0. The fourth-order valence-electron chi connectivity index (χ4n) is 7.08. The van der Waals surface area contributed by atoms with Crippen molar-refractivity contribution in [2.45, 2.75) is 103 Å². The first-order chi connectivity index (χ1) is 25.7. The second-order valence-electron chi connectivity index (χ2n) is 17.0. The maximum Gasteiger partial charge on any atom is 0.408 e. The zero-order valence-electron chi connectivity index (χ0n) is 31.9. The molecule has 1 unspecified atom stereocenters. The summed E-state index contributed by atoms with van der Waals surface area (Å²) < 4.78 is 10.9. The number of aromatic nitrogens is 5. The molecule has 0 spiro atoms. The number of hydrogen-bond donors (Lipinski definition) is 4. The number of fused-ring (bicyclic) bond motifs is 3. The zero-order valence-corrected chi connectivity index (χ0v) is 31.9. The fourth-order valence-corrected chi connectivity index (χ4v) is 7.08. The molecule has 6 aromatic rings. The Balaban J connectivity index is 0.938. The maximum atomic E-state index is 12.7. The number of hydrogen-bond acceptors (Lipinski definition) is 7. The van der Waals surface area contributed by atoms with Crippen LogP contribution in [0.1, 0.15) is 91.3 Å². The van der Waals surface area contributed by atoms with Crippen molar-refractivity contribution in [1.29, 1.82) is 0 Å². The lowest BCUT2D eigenvalue weighted by Crippen LogP contribution is -2.35. The maximum absolute atomic E-state index is 12.7. The van der Waals surface area contributed by atoms with Gasteiger partial charge in [0.2, 0.25) is 0 Å². The van der Waals surface area contributed by atoms with Crippen LogP contribution in [0.25, 0.3) is 55.4 Å². The first kappa shape index (κ1) is 35.6. The van der Waals surface area contributed by atoms with Crippen LogP contribution in [0.5, 0.6) is 0 Å². The molecule has 0 bridgehead atoms. The van der Waals surface area contributed by atoms with E-state index in [0.717, 1.165) is 92.7 Å². The Morgan fingerprint density at radius 3 is 2.15 bits per heavy atom. The minimum atomic E-state index is -0.569. The summed E-state index contributed by atoms with van der Waals surface area (Å²) in [6, 6.07) is 22.9. The number of alkyl carbamates (subject to hydrolysis) is 2. The predicted octanol–water partition coefficient (Wildman–Crippen LogP) is 9.53. The van der Waals surface area contributed by atoms with Crippen LogP contribution < -0.4 is 10.6 Å². The molecule has 3 atom stereocenters. The highest BCUT2D eigenvalue weighted by Gasteiger charge is 2.39. The van der Waals surface area contributed by atoms with E-state index < -0.39 is 17.3 Å². The number of rotatable bonds is 10. The third-order valence-electron chi connectivity index (χ3n) is 10.0. The highest BCUT2D eigenvalue weighted by Crippen LogP contribution is 2.38. The van der Waals surface area contributed by atoms with Gasteiger partial charge in [-0.1, -0.05) is 37.1 Å². The zero-order chi connectivity index (χ0) is 37.8. The smallest absolute Gasteiger partial charge is 0.408 e. The van der Waals surface area contributed by atoms with Gasteiger partial charge in [0.25, 0.3) is 0 Å². The van der Waals surface area contributed by atoms with E-state index >= 15 is 0 Å². The topological polar surface area (TPSA) is 147 Å². The number of carbonyl (C=O) groups excluding carboxylic acids is 2. The number of benzene rings is 3. The molecule has 0 aliphatic heterocycles. The highest BCUT2D eigenvalue weighted by molar-refractivity contribution is 5.90. The number of amides is 2. The SMILES string of the molecule is CC(C)(C)OC(=O)NC(CC1CC1)c1nc2ccc(-c3ccc4nc(-c5ccc6nc(CC[C@H]7C[C@H]7NC(=O)OC(C)(C)C)[nH]c6c5)ccc4c3)cc2[nH]1. The fraction of sp³-hybridized carbons (Fsp3) is 0.419. The van der Waals surface area contributed by atoms with Gasteiger partial charge in [0, 0.05) is 23.4 Å². The average Bonchev–Trinajstić information content (AvgIpc) is 3.97. The van der Waals surface area contributed by atoms with Gasteiger partial charge in [-0.2, -0.15) is 0 Å². The molecule has 11 nitrogen and oxygen atoms in total. The molecule has 2 saturated carbocycles. The van der Waals surface area contributed by atoms with Crippen LogP contribution in [0.3, 0.4) is 0 Å². The minimum Gasteiger partial charge on any atom is -0.444 e. The molecule has 2 amide bonds. The summed E-state index contributed by atoms with van der Waals surface area (Å²) in [6.45, 7) is 11.2. The number of carbonyl (C=O) groups is 2. The first-order valence-electron chi connectivity index (χ1n) is 19.1. The molecule has 3 aromatic heterocycles. The van der Waals surface area contributed by atoms with Gasteiger partial charge in [-0.05, 0) is 126 Å². The van der Waals surface area contributed by atoms with Crippen LogP contribution in [-0.2, 0) is 15.9 Å². The van der Waals surface area contributed by atoms with Crippen LogP contribution in [0.15, 0.2) is 66.7 Å². The summed E-state index contributed by atoms with van der Waals surface area (Å²) in [5.74, 6) is 2.73. The Hall–Kier alpha value is -5.45. The van der Waals surface area contributed by atoms with E-state index in [1.54, 1.807) is 0 Å². The first-order valence-corrected chi connectivity index (χ1v) is 19.1. The number of nitrogens with one attached hydrogen (secondary N) is 4. The van der Waals surface area contributed by atoms with Gasteiger partial charge in [0.05, 0.1) is 39.3 Å². The monoisotopic (exact) mass is 727 g/mol. The molecule has 11 heteroatoms. The summed E-state index contributed by atoms with van der Waals surface area (Å²) in [5, 5.41) is 7.09. The Morgan fingerprint density at radius 1 is 0.759 bits per heavy atom. The lowest BCUT2D eigenvalue weighted by molar-refractivity contribution is 0.0492. The number of nitrogens with zero attached hydrogens (tertiary/aromatic N) is 3. The van der Waals surface area contributed by atoms with E-state index in [4.69, 9.17) is 24.4 Å². The highest BCUT2D eigenvalue weighted by atomic mass is 16.6. The second-order valence-corrected chi connectivity index (χ2v) is 17.0. The predicted molar refractivity (Wildman–Crippen MR) is 211 cm³/mol. The van der Waals surface area contributed by atoms with E-state index in [-0.39, 0.29) is 18.2 Å². The molecule has 2 fully saturated rings. The Morgan fingerprint density at radius 2 is 1.41 bits per heavy atom. The molecule has 3 aromatic carbocycles. The number of imidazole rings is 2. The third-order valence-corrected chi connectivity index (χ3v) is 10.0. The summed E-state index contributed by atoms with van der Waals surface area (Å²) in [4.78, 5) is 46.5. The average molecular weight is 728 g/mol. The van der Waals surface area contributed by atoms with E-state index in [2.05, 4.69) is 75.2 Å². The lowest BCUT2D eigenvalue weighted by Gasteiger charge is -2.22. The summed E-state index contributed by atoms with van der Waals surface area (Å²) >= 11 is 0. The molecule has 2 aliphatic carbocycles. The van der Waals surface area contributed by atoms with Crippen molar-refractivity contribution in [3.63, 3.8) is 0 Å². The van der Waals surface area contributed by atoms with Crippen molar-refractivity contribution in [3.05, 3.63) is 78.4 Å². The molecule has 3 heterocycles. The van der Waals surface area contributed by atoms with E-state index in [1.165, 1.54) is 12.8 Å². The van der Waals surface area contributed by atoms with E-state index in [0.29, 0.717) is 11.8 Å². The van der Waals surface area contributed by atoms with Crippen molar-refractivity contribution < 1.29 is 19.1 Å². The largest absolute Gasteiger partial charge is 0.444 e. The molecule has 0 radical (unpaired) electrons. The summed E-state index contributed by atoms with van der Waals surface area (Å²) in [6.07, 6.45) is 5.15. The normalized spacial score (nSPS) is 17.8. The van der Waals surface area contributed by atoms with Crippen molar-refractivity contribution in [3.8, 4) is 22.4 Å². The van der Waals surface area contributed by atoms with Crippen molar-refractivity contribution >= 4 is 45.2 Å². The minimum absolute atomic E-state index is 0.171. The molecule has 8 rings (SSSR count). The van der Waals surface area contributed by atoms with Crippen molar-refractivity contribution in [1.82, 2.24) is 35.6 Å².